The molecule has 0 spiro atoms. The van der Waals surface area contributed by atoms with Crippen LogP contribution >= 0.6 is 11.8 Å². The summed E-state index contributed by atoms with van der Waals surface area (Å²) in [6, 6.07) is 5.82. The van der Waals surface area contributed by atoms with E-state index in [4.69, 9.17) is 4.74 Å². The highest BCUT2D eigenvalue weighted by atomic mass is 32.2. The highest BCUT2D eigenvalue weighted by Gasteiger charge is 2.41. The first-order valence-electron chi connectivity index (χ1n) is 11.9. The Hall–Kier alpha value is -2.78. The Kier molecular flexibility index (Phi) is 8.18. The van der Waals surface area contributed by atoms with Crippen molar-refractivity contribution < 1.29 is 23.5 Å². The number of likely N-dealkylation sites (tertiary alicyclic amines) is 1. The van der Waals surface area contributed by atoms with E-state index in [0.717, 1.165) is 18.4 Å². The maximum absolute atomic E-state index is 14.8. The van der Waals surface area contributed by atoms with E-state index in [2.05, 4.69) is 4.98 Å². The van der Waals surface area contributed by atoms with Crippen LogP contribution in [0.2, 0.25) is 0 Å². The number of esters is 1. The second kappa shape index (κ2) is 11.3. The number of benzene rings is 1. The number of hydrogen-bond donors (Lipinski definition) is 0. The molecule has 1 aromatic carbocycles. The molecule has 1 aliphatic heterocycles. The van der Waals surface area contributed by atoms with Crippen molar-refractivity contribution in [2.75, 3.05) is 19.7 Å². The van der Waals surface area contributed by atoms with Crippen LogP contribution in [-0.4, -0.2) is 56.3 Å². The van der Waals surface area contributed by atoms with Gasteiger partial charge in [0.05, 0.1) is 24.7 Å². The molecule has 2 unspecified atom stereocenters. The molecule has 1 aromatic heterocycles. The SMILES string of the molecule is CCOC(=O)Cn1cnc(/C=C2/CN(C(C(=O)C3CC3)c3ccccc3F)CCC2SC(C)=O)c1. The number of hydrogen-bond acceptors (Lipinski definition) is 7. The molecule has 0 amide bonds. The maximum Gasteiger partial charge on any atom is 0.325 e. The van der Waals surface area contributed by atoms with Gasteiger partial charge in [-0.15, -0.1) is 0 Å². The number of carbonyl (C=O) groups excluding carboxylic acids is 3. The minimum Gasteiger partial charge on any atom is -0.465 e. The van der Waals surface area contributed by atoms with Gasteiger partial charge in [-0.3, -0.25) is 19.3 Å². The molecular formula is C26H30FN3O4S. The van der Waals surface area contributed by atoms with E-state index < -0.39 is 6.04 Å². The van der Waals surface area contributed by atoms with Gasteiger partial charge < -0.3 is 9.30 Å². The van der Waals surface area contributed by atoms with Crippen molar-refractivity contribution >= 4 is 34.7 Å². The lowest BCUT2D eigenvalue weighted by Gasteiger charge is -2.38. The molecular weight excluding hydrogens is 469 g/mol. The number of Topliss-reactive ketones (excluding diaryl/α,β-unsaturated/α-hetero) is 1. The van der Waals surface area contributed by atoms with E-state index >= 15 is 0 Å². The molecule has 0 radical (unpaired) electrons. The van der Waals surface area contributed by atoms with Crippen molar-refractivity contribution in [2.24, 2.45) is 5.92 Å². The van der Waals surface area contributed by atoms with E-state index in [1.54, 1.807) is 49.1 Å². The topological polar surface area (TPSA) is 81.5 Å². The first-order valence-corrected chi connectivity index (χ1v) is 12.8. The van der Waals surface area contributed by atoms with Gasteiger partial charge in [0.1, 0.15) is 12.4 Å². The van der Waals surface area contributed by atoms with E-state index in [1.807, 2.05) is 11.0 Å². The molecule has 1 saturated heterocycles. The number of piperidine rings is 1. The zero-order valence-electron chi connectivity index (χ0n) is 20.0. The number of ether oxygens (including phenoxy) is 1. The predicted molar refractivity (Wildman–Crippen MR) is 132 cm³/mol. The molecule has 35 heavy (non-hydrogen) atoms. The Labute approximate surface area is 208 Å². The lowest BCUT2D eigenvalue weighted by molar-refractivity contribution is -0.143. The summed E-state index contributed by atoms with van der Waals surface area (Å²) >= 11 is 1.26. The molecule has 2 atom stereocenters. The Balaban J connectivity index is 1.61. The van der Waals surface area contributed by atoms with Gasteiger partial charge in [0.2, 0.25) is 0 Å². The standard InChI is InChI=1S/C26H30FN3O4S/c1-3-34-24(32)15-29-14-20(28-16-29)12-19-13-30(11-10-23(19)35-17(2)31)25(26(33)18-8-9-18)21-6-4-5-7-22(21)27/h4-7,12,14,16,18,23,25H,3,8-11,13,15H2,1-2H3/b19-12-. The molecule has 4 rings (SSSR count). The maximum atomic E-state index is 14.8. The van der Waals surface area contributed by atoms with Gasteiger partial charge in [-0.05, 0) is 43.9 Å². The average molecular weight is 500 g/mol. The van der Waals surface area contributed by atoms with Crippen LogP contribution in [0.5, 0.6) is 0 Å². The summed E-state index contributed by atoms with van der Waals surface area (Å²) < 4.78 is 21.4. The summed E-state index contributed by atoms with van der Waals surface area (Å²) in [7, 11) is 0. The smallest absolute Gasteiger partial charge is 0.325 e. The summed E-state index contributed by atoms with van der Waals surface area (Å²) in [6.45, 7) is 4.68. The highest BCUT2D eigenvalue weighted by Crippen LogP contribution is 2.40. The Bertz CT molecular complexity index is 1130. The van der Waals surface area contributed by atoms with Crippen molar-refractivity contribution in [2.45, 2.75) is 50.9 Å². The van der Waals surface area contributed by atoms with Gasteiger partial charge in [0, 0.05) is 42.9 Å². The minimum absolute atomic E-state index is 0.0156. The highest BCUT2D eigenvalue weighted by molar-refractivity contribution is 8.14. The monoisotopic (exact) mass is 499 g/mol. The number of aromatic nitrogens is 2. The summed E-state index contributed by atoms with van der Waals surface area (Å²) in [5.41, 5.74) is 2.00. The summed E-state index contributed by atoms with van der Waals surface area (Å²) in [6.07, 6.45) is 7.58. The van der Waals surface area contributed by atoms with Crippen LogP contribution in [0.15, 0.2) is 42.4 Å². The van der Waals surface area contributed by atoms with Gasteiger partial charge in [-0.1, -0.05) is 30.0 Å². The number of ketones is 1. The Morgan fingerprint density at radius 2 is 2.03 bits per heavy atom. The van der Waals surface area contributed by atoms with Crippen LogP contribution in [0.25, 0.3) is 6.08 Å². The molecule has 2 aliphatic rings. The van der Waals surface area contributed by atoms with Crippen LogP contribution in [-0.2, 0) is 25.7 Å². The van der Waals surface area contributed by atoms with Crippen LogP contribution in [0.4, 0.5) is 4.39 Å². The van der Waals surface area contributed by atoms with E-state index in [-0.39, 0.29) is 40.4 Å². The van der Waals surface area contributed by atoms with Gasteiger partial charge >= 0.3 is 5.97 Å². The molecule has 186 valence electrons. The second-order valence-corrected chi connectivity index (χ2v) is 10.3. The number of nitrogens with zero attached hydrogens (tertiary/aromatic N) is 3. The summed E-state index contributed by atoms with van der Waals surface area (Å²) in [5.74, 6) is -0.681. The summed E-state index contributed by atoms with van der Waals surface area (Å²) in [5, 5.41) is -0.0434. The third-order valence-electron chi connectivity index (χ3n) is 6.20. The lowest BCUT2D eigenvalue weighted by Crippen LogP contribution is -2.43. The number of rotatable bonds is 9. The van der Waals surface area contributed by atoms with E-state index in [9.17, 15) is 18.8 Å². The van der Waals surface area contributed by atoms with Gasteiger partial charge in [0.25, 0.3) is 0 Å². The first-order chi connectivity index (χ1) is 16.9. The van der Waals surface area contributed by atoms with Crippen molar-refractivity contribution in [3.05, 3.63) is 59.4 Å². The lowest BCUT2D eigenvalue weighted by atomic mass is 9.93. The Morgan fingerprint density at radius 1 is 1.26 bits per heavy atom. The van der Waals surface area contributed by atoms with Crippen LogP contribution in [0.1, 0.15) is 50.4 Å². The zero-order chi connectivity index (χ0) is 24.9. The fourth-order valence-electron chi connectivity index (χ4n) is 4.48. The third-order valence-corrected chi connectivity index (χ3v) is 7.36. The molecule has 9 heteroatoms. The molecule has 1 aliphatic carbocycles. The van der Waals surface area contributed by atoms with Crippen molar-refractivity contribution in [3.63, 3.8) is 0 Å². The number of thioether (sulfide) groups is 1. The molecule has 2 fully saturated rings. The third kappa shape index (κ3) is 6.46. The number of halogens is 1. The molecule has 1 saturated carbocycles. The fourth-order valence-corrected chi connectivity index (χ4v) is 5.40. The quantitative estimate of drug-likeness (QED) is 0.482. The van der Waals surface area contributed by atoms with Crippen molar-refractivity contribution in [1.29, 1.82) is 0 Å². The van der Waals surface area contributed by atoms with Crippen LogP contribution in [0.3, 0.4) is 0 Å². The second-order valence-electron chi connectivity index (χ2n) is 8.95. The van der Waals surface area contributed by atoms with E-state index in [1.165, 1.54) is 17.8 Å². The molecule has 2 aromatic rings. The van der Waals surface area contributed by atoms with E-state index in [0.29, 0.717) is 37.4 Å². The van der Waals surface area contributed by atoms with Crippen LogP contribution < -0.4 is 0 Å². The van der Waals surface area contributed by atoms with Gasteiger partial charge in [-0.2, -0.15) is 0 Å². The van der Waals surface area contributed by atoms with Crippen molar-refractivity contribution in [1.82, 2.24) is 14.5 Å². The fraction of sp³-hybridized carbons (Fsp3) is 0.462. The van der Waals surface area contributed by atoms with Gasteiger partial charge in [0.15, 0.2) is 10.9 Å². The molecule has 7 nitrogen and oxygen atoms in total. The molecule has 0 N–H and O–H groups in total. The normalized spacial score (nSPS) is 20.5. The zero-order valence-corrected chi connectivity index (χ0v) is 20.8. The summed E-state index contributed by atoms with van der Waals surface area (Å²) in [4.78, 5) is 43.4. The van der Waals surface area contributed by atoms with Crippen LogP contribution in [0, 0.1) is 11.7 Å². The Morgan fingerprint density at radius 3 is 2.71 bits per heavy atom. The average Bonchev–Trinajstić information content (AvgIpc) is 3.58. The number of imidazole rings is 1. The van der Waals surface area contributed by atoms with Crippen molar-refractivity contribution in [3.8, 4) is 0 Å². The van der Waals surface area contributed by atoms with Gasteiger partial charge in [-0.25, -0.2) is 9.37 Å². The molecule has 0 bridgehead atoms. The number of carbonyl (C=O) groups is 3. The minimum atomic E-state index is -0.656. The molecule has 2 heterocycles. The predicted octanol–water partition coefficient (Wildman–Crippen LogP) is 4.04. The first kappa shape index (κ1) is 25.3. The largest absolute Gasteiger partial charge is 0.465 e.